The van der Waals surface area contributed by atoms with Gasteiger partial charge in [0.25, 0.3) is 0 Å². The molecule has 0 spiro atoms. The van der Waals surface area contributed by atoms with Crippen molar-refractivity contribution in [3.63, 3.8) is 0 Å². The maximum absolute atomic E-state index is 11.2. The van der Waals surface area contributed by atoms with Crippen LogP contribution in [0.25, 0.3) is 0 Å². The third-order valence-corrected chi connectivity index (χ3v) is 7.08. The van der Waals surface area contributed by atoms with Crippen LogP contribution in [0.4, 0.5) is 0 Å². The van der Waals surface area contributed by atoms with Crippen LogP contribution in [0.5, 0.6) is 0 Å². The summed E-state index contributed by atoms with van der Waals surface area (Å²) in [6.07, 6.45) is 4.18. The average molecular weight is 461 g/mol. The summed E-state index contributed by atoms with van der Waals surface area (Å²) in [5.41, 5.74) is 10.1. The van der Waals surface area contributed by atoms with Crippen molar-refractivity contribution in [1.29, 1.82) is 5.26 Å². The Hall–Kier alpha value is -3.17. The molecule has 2 heterocycles. The molecule has 34 heavy (non-hydrogen) atoms. The van der Waals surface area contributed by atoms with Crippen LogP contribution in [0.1, 0.15) is 73.6 Å². The molecule has 2 N–H and O–H groups in total. The molecule has 0 bridgehead atoms. The number of benzene rings is 2. The van der Waals surface area contributed by atoms with Crippen molar-refractivity contribution >= 4 is 11.8 Å². The van der Waals surface area contributed by atoms with Crippen LogP contribution in [0.2, 0.25) is 0 Å². The number of hydrogen-bond donors (Lipinski definition) is 1. The first-order valence-electron chi connectivity index (χ1n) is 12.2. The van der Waals surface area contributed by atoms with Gasteiger partial charge in [0.05, 0.1) is 11.6 Å². The SMILES string of the molecule is CC(=O)N1CCC(c2ccc(C#N)cc2)CC1.CC(=O)N1CCC(c2ccc(CN)cc2)CC1. The molecule has 6 nitrogen and oxygen atoms in total. The molecule has 0 aromatic heterocycles. The average Bonchev–Trinajstić information content (AvgIpc) is 2.89. The largest absolute Gasteiger partial charge is 0.343 e. The van der Waals surface area contributed by atoms with Crippen LogP contribution in [-0.2, 0) is 16.1 Å². The molecular formula is C28H36N4O2. The summed E-state index contributed by atoms with van der Waals surface area (Å²) < 4.78 is 0. The molecule has 2 aromatic rings. The van der Waals surface area contributed by atoms with E-state index in [9.17, 15) is 9.59 Å². The van der Waals surface area contributed by atoms with Gasteiger partial charge in [-0.15, -0.1) is 0 Å². The number of nitriles is 1. The van der Waals surface area contributed by atoms with Gasteiger partial charge >= 0.3 is 0 Å². The van der Waals surface area contributed by atoms with E-state index in [0.717, 1.165) is 51.9 Å². The van der Waals surface area contributed by atoms with Crippen LogP contribution in [0, 0.1) is 11.3 Å². The number of amides is 2. The number of nitrogens with zero attached hydrogens (tertiary/aromatic N) is 3. The summed E-state index contributed by atoms with van der Waals surface area (Å²) in [5.74, 6) is 1.49. The standard InChI is InChI=1S/C14H20N2O.C14H16N2O/c2*1-11(17)16-8-6-14(7-9-16)13-4-2-12(10-15)3-5-13/h2-5,14H,6-10,15H2,1H3;2-5,14H,6-9H2,1H3. The summed E-state index contributed by atoms with van der Waals surface area (Å²) in [6, 6.07) is 18.5. The maximum atomic E-state index is 11.2. The number of nitrogens with two attached hydrogens (primary N) is 1. The fourth-order valence-corrected chi connectivity index (χ4v) is 4.81. The topological polar surface area (TPSA) is 90.4 Å². The van der Waals surface area contributed by atoms with Gasteiger partial charge in [-0.1, -0.05) is 36.4 Å². The summed E-state index contributed by atoms with van der Waals surface area (Å²) in [5, 5.41) is 8.74. The monoisotopic (exact) mass is 460 g/mol. The Morgan fingerprint density at radius 1 is 0.794 bits per heavy atom. The Balaban J connectivity index is 0.000000191. The van der Waals surface area contributed by atoms with Gasteiger partial charge in [-0.3, -0.25) is 9.59 Å². The van der Waals surface area contributed by atoms with Gasteiger partial charge in [-0.05, 0) is 66.3 Å². The quantitative estimate of drug-likeness (QED) is 0.745. The van der Waals surface area contributed by atoms with Crippen molar-refractivity contribution in [1.82, 2.24) is 9.80 Å². The predicted octanol–water partition coefficient (Wildman–Crippen LogP) is 4.16. The van der Waals surface area contributed by atoms with E-state index in [1.54, 1.807) is 13.8 Å². The highest BCUT2D eigenvalue weighted by molar-refractivity contribution is 5.73. The minimum absolute atomic E-state index is 0.170. The van der Waals surface area contributed by atoms with E-state index in [2.05, 4.69) is 30.3 Å². The van der Waals surface area contributed by atoms with Crippen LogP contribution in [-0.4, -0.2) is 47.8 Å². The van der Waals surface area contributed by atoms with Gasteiger partial charge in [-0.25, -0.2) is 0 Å². The summed E-state index contributed by atoms with van der Waals surface area (Å²) in [6.45, 7) is 7.35. The molecule has 180 valence electrons. The lowest BCUT2D eigenvalue weighted by atomic mass is 9.89. The second kappa shape index (κ2) is 12.3. The highest BCUT2D eigenvalue weighted by atomic mass is 16.2. The minimum Gasteiger partial charge on any atom is -0.343 e. The van der Waals surface area contributed by atoms with Gasteiger partial charge in [0.1, 0.15) is 0 Å². The molecule has 0 aliphatic carbocycles. The third-order valence-electron chi connectivity index (χ3n) is 7.08. The van der Waals surface area contributed by atoms with E-state index < -0.39 is 0 Å². The van der Waals surface area contributed by atoms with Crippen LogP contribution >= 0.6 is 0 Å². The first kappa shape index (κ1) is 25.5. The fraction of sp³-hybridized carbons (Fsp3) is 0.464. The molecule has 4 rings (SSSR count). The van der Waals surface area contributed by atoms with Crippen molar-refractivity contribution < 1.29 is 9.59 Å². The normalized spacial score (nSPS) is 16.9. The molecule has 2 aliphatic rings. The van der Waals surface area contributed by atoms with E-state index in [1.165, 1.54) is 16.7 Å². The molecule has 0 unspecified atom stereocenters. The smallest absolute Gasteiger partial charge is 0.219 e. The van der Waals surface area contributed by atoms with Gasteiger partial charge < -0.3 is 15.5 Å². The first-order valence-corrected chi connectivity index (χ1v) is 12.2. The third kappa shape index (κ3) is 6.91. The van der Waals surface area contributed by atoms with Gasteiger partial charge in [0.2, 0.25) is 11.8 Å². The van der Waals surface area contributed by atoms with Crippen LogP contribution in [0.3, 0.4) is 0 Å². The number of piperidine rings is 2. The number of rotatable bonds is 3. The Bertz CT molecular complexity index is 979. The van der Waals surface area contributed by atoms with E-state index >= 15 is 0 Å². The second-order valence-electron chi connectivity index (χ2n) is 9.24. The molecule has 0 radical (unpaired) electrons. The molecule has 2 fully saturated rings. The maximum Gasteiger partial charge on any atom is 0.219 e. The lowest BCUT2D eigenvalue weighted by Crippen LogP contribution is -2.36. The zero-order chi connectivity index (χ0) is 24.5. The lowest BCUT2D eigenvalue weighted by molar-refractivity contribution is -0.130. The van der Waals surface area contributed by atoms with E-state index in [4.69, 9.17) is 11.0 Å². The fourth-order valence-electron chi connectivity index (χ4n) is 4.81. The van der Waals surface area contributed by atoms with Crippen LogP contribution in [0.15, 0.2) is 48.5 Å². The van der Waals surface area contributed by atoms with Gasteiger partial charge in [0.15, 0.2) is 0 Å². The second-order valence-corrected chi connectivity index (χ2v) is 9.24. The Morgan fingerprint density at radius 3 is 1.50 bits per heavy atom. The Morgan fingerprint density at radius 2 is 1.18 bits per heavy atom. The summed E-state index contributed by atoms with van der Waals surface area (Å²) in [4.78, 5) is 26.3. The van der Waals surface area contributed by atoms with Crippen LogP contribution < -0.4 is 5.73 Å². The zero-order valence-corrected chi connectivity index (χ0v) is 20.4. The molecule has 2 aliphatic heterocycles. The number of hydrogen-bond acceptors (Lipinski definition) is 4. The summed E-state index contributed by atoms with van der Waals surface area (Å²) >= 11 is 0. The van der Waals surface area contributed by atoms with E-state index in [0.29, 0.717) is 23.9 Å². The number of carbonyl (C=O) groups excluding carboxylic acids is 2. The van der Waals surface area contributed by atoms with E-state index in [1.807, 2.05) is 34.1 Å². The van der Waals surface area contributed by atoms with Crippen molar-refractivity contribution in [3.8, 4) is 6.07 Å². The molecule has 2 saturated heterocycles. The molecule has 0 saturated carbocycles. The number of carbonyl (C=O) groups is 2. The summed E-state index contributed by atoms with van der Waals surface area (Å²) in [7, 11) is 0. The van der Waals surface area contributed by atoms with Crippen molar-refractivity contribution in [2.75, 3.05) is 26.2 Å². The highest BCUT2D eigenvalue weighted by Gasteiger charge is 2.22. The molecular weight excluding hydrogens is 424 g/mol. The minimum atomic E-state index is 0.170. The molecule has 6 heteroatoms. The van der Waals surface area contributed by atoms with Crippen molar-refractivity contribution in [2.45, 2.75) is 57.9 Å². The molecule has 2 amide bonds. The highest BCUT2D eigenvalue weighted by Crippen LogP contribution is 2.29. The predicted molar refractivity (Wildman–Crippen MR) is 134 cm³/mol. The zero-order valence-electron chi connectivity index (χ0n) is 20.4. The van der Waals surface area contributed by atoms with Gasteiger partial charge in [-0.2, -0.15) is 5.26 Å². The first-order chi connectivity index (χ1) is 16.4. The number of likely N-dealkylation sites (tertiary alicyclic amines) is 2. The Kier molecular flexibility index (Phi) is 9.24. The molecule has 0 atom stereocenters. The Labute approximate surface area is 203 Å². The lowest BCUT2D eigenvalue weighted by Gasteiger charge is -2.31. The van der Waals surface area contributed by atoms with Crippen molar-refractivity contribution in [2.24, 2.45) is 5.73 Å². The molecule has 2 aromatic carbocycles. The van der Waals surface area contributed by atoms with E-state index in [-0.39, 0.29) is 11.8 Å². The van der Waals surface area contributed by atoms with Gasteiger partial charge in [0, 0.05) is 46.6 Å². The van der Waals surface area contributed by atoms with Crippen molar-refractivity contribution in [3.05, 3.63) is 70.8 Å².